The van der Waals surface area contributed by atoms with E-state index in [0.29, 0.717) is 0 Å². The van der Waals surface area contributed by atoms with Gasteiger partial charge in [-0.3, -0.25) is 0 Å². The second-order valence-corrected chi connectivity index (χ2v) is 17.1. The van der Waals surface area contributed by atoms with Gasteiger partial charge in [0.2, 0.25) is 0 Å². The van der Waals surface area contributed by atoms with Crippen molar-refractivity contribution in [1.29, 1.82) is 0 Å². The average molecular weight is 809 g/mol. The van der Waals surface area contributed by atoms with Crippen molar-refractivity contribution in [3.05, 3.63) is 243 Å². The molecule has 0 saturated carbocycles. The molecule has 0 aromatic heterocycles. The van der Waals surface area contributed by atoms with E-state index in [1.165, 1.54) is 131 Å². The summed E-state index contributed by atoms with van der Waals surface area (Å²) in [6, 6.07) is 89.9. The summed E-state index contributed by atoms with van der Waals surface area (Å²) in [5.74, 6) is 0. The molecule has 64 heavy (non-hydrogen) atoms. The lowest BCUT2D eigenvalue weighted by Gasteiger charge is -2.20. The lowest BCUT2D eigenvalue weighted by Crippen LogP contribution is -1.92. The minimum atomic E-state index is 1.20. The van der Waals surface area contributed by atoms with Crippen molar-refractivity contribution < 1.29 is 0 Å². The molecule has 0 aliphatic carbocycles. The predicted octanol–water partition coefficient (Wildman–Crippen LogP) is 18.1. The highest BCUT2D eigenvalue weighted by Crippen LogP contribution is 2.48. The first-order valence-electron chi connectivity index (χ1n) is 22.3. The molecule has 0 unspecified atom stereocenters. The minimum Gasteiger partial charge on any atom is -0.0616 e. The summed E-state index contributed by atoms with van der Waals surface area (Å²) >= 11 is 0. The van der Waals surface area contributed by atoms with Crippen LogP contribution in [-0.4, -0.2) is 0 Å². The molecule has 0 bridgehead atoms. The third-order valence-corrected chi connectivity index (χ3v) is 13.6. The molecule has 0 spiro atoms. The second-order valence-electron chi connectivity index (χ2n) is 17.1. The van der Waals surface area contributed by atoms with Crippen molar-refractivity contribution in [3.63, 3.8) is 0 Å². The van der Waals surface area contributed by atoms with Crippen LogP contribution in [0.5, 0.6) is 0 Å². The number of hydrogen-bond acceptors (Lipinski definition) is 0. The first-order valence-corrected chi connectivity index (χ1v) is 22.3. The quantitative estimate of drug-likeness (QED) is 0.152. The number of rotatable bonds is 5. The Morgan fingerprint density at radius 2 is 0.469 bits per heavy atom. The van der Waals surface area contributed by atoms with Gasteiger partial charge in [0, 0.05) is 0 Å². The lowest BCUT2D eigenvalue weighted by atomic mass is 9.83. The molecule has 0 heterocycles. The smallest absolute Gasteiger partial charge is 0.00201 e. The van der Waals surface area contributed by atoms with Crippen molar-refractivity contribution in [2.75, 3.05) is 0 Å². The predicted molar refractivity (Wildman–Crippen MR) is 276 cm³/mol. The van der Waals surface area contributed by atoms with E-state index in [9.17, 15) is 0 Å². The molecule has 0 aliphatic heterocycles. The monoisotopic (exact) mass is 808 g/mol. The van der Waals surface area contributed by atoms with Crippen LogP contribution in [0.25, 0.3) is 131 Å². The summed E-state index contributed by atoms with van der Waals surface area (Å²) < 4.78 is 0. The van der Waals surface area contributed by atoms with E-state index in [1.807, 2.05) is 0 Å². The van der Waals surface area contributed by atoms with Crippen LogP contribution in [0.2, 0.25) is 0 Å². The van der Waals surface area contributed by atoms with E-state index in [1.54, 1.807) is 0 Å². The molecule has 296 valence electrons. The topological polar surface area (TPSA) is 0 Å². The van der Waals surface area contributed by atoms with Crippen LogP contribution in [0.1, 0.15) is 0 Å². The number of hydrogen-bond donors (Lipinski definition) is 0. The standard InChI is InChI=1S/C64H40/c1-3-24-47-41(17-1)19-15-35-50(47)63-56-30-9-5-26-52(56)61(53-27-6-10-31-57(53)63)45-23-13-22-44(39-45)49-34-14-21-43-37-38-46(40-60(43)49)62-54-28-7-11-32-58(54)64(59-33-12-8-29-55(59)62)51-36-16-20-42-18-2-4-25-48(42)51/h1-40H. The summed E-state index contributed by atoms with van der Waals surface area (Å²) in [6.45, 7) is 0. The average Bonchev–Trinajstić information content (AvgIpc) is 3.36. The van der Waals surface area contributed by atoms with Gasteiger partial charge in [0.1, 0.15) is 0 Å². The van der Waals surface area contributed by atoms with Gasteiger partial charge in [-0.2, -0.15) is 0 Å². The molecule has 13 aromatic carbocycles. The zero-order valence-electron chi connectivity index (χ0n) is 35.1. The SMILES string of the molecule is c1cc(-c2cccc3ccc(-c4c5ccccc5c(-c5cccc6ccccc56)c5ccccc45)cc23)cc(-c2c3ccccc3c(-c3cccc4ccccc34)c3ccccc23)c1. The molecule has 13 aromatic rings. The number of benzene rings is 13. The summed E-state index contributed by atoms with van der Waals surface area (Å²) in [6.07, 6.45) is 0. The fraction of sp³-hybridized carbons (Fsp3) is 0. The first-order chi connectivity index (χ1) is 31.8. The maximum absolute atomic E-state index is 2.44. The molecule has 0 radical (unpaired) electrons. The summed E-state index contributed by atoms with van der Waals surface area (Å²) in [4.78, 5) is 0. The van der Waals surface area contributed by atoms with E-state index in [4.69, 9.17) is 0 Å². The maximum Gasteiger partial charge on any atom is -0.00201 e. The Kier molecular flexibility index (Phi) is 8.32. The Hall–Kier alpha value is -8.32. The van der Waals surface area contributed by atoms with Crippen LogP contribution in [0.15, 0.2) is 243 Å². The van der Waals surface area contributed by atoms with Crippen LogP contribution in [0.4, 0.5) is 0 Å². The van der Waals surface area contributed by atoms with E-state index in [2.05, 4.69) is 243 Å². The Bertz CT molecular complexity index is 3890. The normalized spacial score (nSPS) is 11.8. The van der Waals surface area contributed by atoms with Crippen molar-refractivity contribution in [2.24, 2.45) is 0 Å². The Balaban J connectivity index is 1.01. The van der Waals surface area contributed by atoms with Crippen molar-refractivity contribution in [1.82, 2.24) is 0 Å². The van der Waals surface area contributed by atoms with Gasteiger partial charge < -0.3 is 0 Å². The van der Waals surface area contributed by atoms with Gasteiger partial charge in [0.05, 0.1) is 0 Å². The van der Waals surface area contributed by atoms with Gasteiger partial charge in [-0.05, 0) is 143 Å². The molecule has 0 aliphatic rings. The number of fused-ring (bicyclic) bond motifs is 7. The van der Waals surface area contributed by atoms with E-state index in [0.717, 1.165) is 0 Å². The van der Waals surface area contributed by atoms with Crippen LogP contribution in [0, 0.1) is 0 Å². The maximum atomic E-state index is 2.44. The Morgan fingerprint density at radius 3 is 0.922 bits per heavy atom. The van der Waals surface area contributed by atoms with Crippen LogP contribution in [0.3, 0.4) is 0 Å². The largest absolute Gasteiger partial charge is 0.0616 e. The van der Waals surface area contributed by atoms with E-state index in [-0.39, 0.29) is 0 Å². The minimum absolute atomic E-state index is 1.20. The Labute approximate surface area is 371 Å². The van der Waals surface area contributed by atoms with Gasteiger partial charge >= 0.3 is 0 Å². The van der Waals surface area contributed by atoms with Gasteiger partial charge in [-0.25, -0.2) is 0 Å². The molecule has 0 fully saturated rings. The third kappa shape index (κ3) is 5.63. The molecule has 0 saturated heterocycles. The molecule has 0 atom stereocenters. The van der Waals surface area contributed by atoms with Gasteiger partial charge in [-0.1, -0.05) is 231 Å². The third-order valence-electron chi connectivity index (χ3n) is 13.6. The molecular formula is C64H40. The van der Waals surface area contributed by atoms with E-state index >= 15 is 0 Å². The first kappa shape index (κ1) is 36.3. The summed E-state index contributed by atoms with van der Waals surface area (Å²) in [5.41, 5.74) is 12.5. The summed E-state index contributed by atoms with van der Waals surface area (Å²) in [5, 5.41) is 17.6. The second kappa shape index (κ2) is 14.7. The lowest BCUT2D eigenvalue weighted by molar-refractivity contribution is 1.63. The molecule has 0 amide bonds. The van der Waals surface area contributed by atoms with Crippen LogP contribution in [-0.2, 0) is 0 Å². The van der Waals surface area contributed by atoms with Crippen molar-refractivity contribution >= 4 is 75.4 Å². The fourth-order valence-corrected chi connectivity index (χ4v) is 10.9. The molecule has 0 N–H and O–H groups in total. The molecular weight excluding hydrogens is 769 g/mol. The molecule has 13 rings (SSSR count). The highest BCUT2D eigenvalue weighted by Gasteiger charge is 2.21. The van der Waals surface area contributed by atoms with Crippen LogP contribution >= 0.6 is 0 Å². The van der Waals surface area contributed by atoms with Crippen molar-refractivity contribution in [3.8, 4) is 55.6 Å². The van der Waals surface area contributed by atoms with Crippen LogP contribution < -0.4 is 0 Å². The van der Waals surface area contributed by atoms with Crippen molar-refractivity contribution in [2.45, 2.75) is 0 Å². The fourth-order valence-electron chi connectivity index (χ4n) is 10.9. The molecule has 0 heteroatoms. The summed E-state index contributed by atoms with van der Waals surface area (Å²) in [7, 11) is 0. The van der Waals surface area contributed by atoms with Gasteiger partial charge in [0.15, 0.2) is 0 Å². The highest BCUT2D eigenvalue weighted by atomic mass is 14.2. The van der Waals surface area contributed by atoms with E-state index < -0.39 is 0 Å². The molecule has 0 nitrogen and oxygen atoms in total. The highest BCUT2D eigenvalue weighted by molar-refractivity contribution is 6.25. The Morgan fingerprint density at radius 1 is 0.156 bits per heavy atom. The van der Waals surface area contributed by atoms with Gasteiger partial charge in [0.25, 0.3) is 0 Å². The van der Waals surface area contributed by atoms with Gasteiger partial charge in [-0.15, -0.1) is 0 Å². The zero-order valence-corrected chi connectivity index (χ0v) is 35.1. The zero-order chi connectivity index (χ0) is 42.1.